The zero-order valence-electron chi connectivity index (χ0n) is 8.92. The van der Waals surface area contributed by atoms with Gasteiger partial charge in [-0.25, -0.2) is 4.68 Å². The van der Waals surface area contributed by atoms with E-state index in [4.69, 9.17) is 17.3 Å². The second-order valence-electron chi connectivity index (χ2n) is 3.47. The summed E-state index contributed by atoms with van der Waals surface area (Å²) >= 11 is 5.91. The molecule has 1 aromatic carbocycles. The van der Waals surface area contributed by atoms with Crippen LogP contribution in [0.3, 0.4) is 0 Å². The van der Waals surface area contributed by atoms with Crippen molar-refractivity contribution in [2.45, 2.75) is 6.92 Å². The topological polar surface area (TPSA) is 87.0 Å². The van der Waals surface area contributed by atoms with E-state index in [0.717, 1.165) is 0 Å². The summed E-state index contributed by atoms with van der Waals surface area (Å²) in [5.41, 5.74) is 7.03. The second kappa shape index (κ2) is 4.06. The van der Waals surface area contributed by atoms with Gasteiger partial charge in [0.1, 0.15) is 10.8 Å². The SMILES string of the molecule is Cc1nn(-c2ccc([N+](=O)[O-])cc2)c(N)c1Cl. The molecular formula is C10H9ClN4O2. The second-order valence-corrected chi connectivity index (χ2v) is 3.85. The molecule has 6 nitrogen and oxygen atoms in total. The molecule has 0 aliphatic rings. The molecule has 17 heavy (non-hydrogen) atoms. The molecule has 0 unspecified atom stereocenters. The fourth-order valence-corrected chi connectivity index (χ4v) is 1.56. The Hall–Kier alpha value is -2.08. The number of nitro groups is 1. The number of hydrogen-bond donors (Lipinski definition) is 1. The van der Waals surface area contributed by atoms with E-state index in [9.17, 15) is 10.1 Å². The van der Waals surface area contributed by atoms with Gasteiger partial charge in [-0.1, -0.05) is 11.6 Å². The lowest BCUT2D eigenvalue weighted by Crippen LogP contribution is -2.02. The highest BCUT2D eigenvalue weighted by atomic mass is 35.5. The Morgan fingerprint density at radius 1 is 1.41 bits per heavy atom. The van der Waals surface area contributed by atoms with Gasteiger partial charge in [0.2, 0.25) is 0 Å². The highest BCUT2D eigenvalue weighted by Gasteiger charge is 2.12. The molecule has 1 aromatic heterocycles. The quantitative estimate of drug-likeness (QED) is 0.656. The van der Waals surface area contributed by atoms with Crippen LogP contribution in [0.5, 0.6) is 0 Å². The number of aryl methyl sites for hydroxylation is 1. The summed E-state index contributed by atoms with van der Waals surface area (Å²) in [7, 11) is 0. The number of non-ortho nitro benzene ring substituents is 1. The van der Waals surface area contributed by atoms with Crippen molar-refractivity contribution in [1.29, 1.82) is 0 Å². The molecule has 0 aliphatic carbocycles. The number of nitrogens with zero attached hydrogens (tertiary/aromatic N) is 3. The number of hydrogen-bond acceptors (Lipinski definition) is 4. The van der Waals surface area contributed by atoms with E-state index in [1.165, 1.54) is 16.8 Å². The predicted octanol–water partition coefficient (Wildman–Crippen LogP) is 2.32. The van der Waals surface area contributed by atoms with Crippen LogP contribution < -0.4 is 5.73 Å². The van der Waals surface area contributed by atoms with Crippen molar-refractivity contribution in [1.82, 2.24) is 9.78 Å². The lowest BCUT2D eigenvalue weighted by atomic mass is 10.3. The number of aromatic nitrogens is 2. The fourth-order valence-electron chi connectivity index (χ4n) is 1.44. The highest BCUT2D eigenvalue weighted by molar-refractivity contribution is 6.33. The summed E-state index contributed by atoms with van der Waals surface area (Å²) in [6, 6.07) is 5.91. The molecule has 0 radical (unpaired) electrons. The standard InChI is InChI=1S/C10H9ClN4O2/c1-6-9(11)10(12)14(13-6)7-2-4-8(5-3-7)15(16)17/h2-5H,12H2,1H3. The van der Waals surface area contributed by atoms with Crippen molar-refractivity contribution in [3.05, 3.63) is 45.1 Å². The summed E-state index contributed by atoms with van der Waals surface area (Å²) in [5.74, 6) is 0.318. The number of anilines is 1. The van der Waals surface area contributed by atoms with Crippen LogP contribution >= 0.6 is 11.6 Å². The molecule has 7 heteroatoms. The third-order valence-corrected chi connectivity index (χ3v) is 2.79. The zero-order chi connectivity index (χ0) is 12.6. The minimum absolute atomic E-state index is 0.0160. The van der Waals surface area contributed by atoms with E-state index in [-0.39, 0.29) is 5.69 Å². The number of nitro benzene ring substituents is 1. The van der Waals surface area contributed by atoms with Gasteiger partial charge in [0.25, 0.3) is 5.69 Å². The van der Waals surface area contributed by atoms with Crippen molar-refractivity contribution in [2.75, 3.05) is 5.73 Å². The van der Waals surface area contributed by atoms with Gasteiger partial charge in [0.05, 0.1) is 16.3 Å². The van der Waals surface area contributed by atoms with E-state index in [1.54, 1.807) is 19.1 Å². The Labute approximate surface area is 102 Å². The van der Waals surface area contributed by atoms with E-state index >= 15 is 0 Å². The summed E-state index contributed by atoms with van der Waals surface area (Å²) in [6.45, 7) is 1.74. The van der Waals surface area contributed by atoms with Gasteiger partial charge in [-0.15, -0.1) is 0 Å². The molecule has 0 fully saturated rings. The van der Waals surface area contributed by atoms with Crippen molar-refractivity contribution < 1.29 is 4.92 Å². The summed E-state index contributed by atoms with van der Waals surface area (Å²) in [5, 5.41) is 15.0. The number of halogens is 1. The van der Waals surface area contributed by atoms with Gasteiger partial charge in [0, 0.05) is 12.1 Å². The van der Waals surface area contributed by atoms with Crippen molar-refractivity contribution in [3.63, 3.8) is 0 Å². The monoisotopic (exact) mass is 252 g/mol. The van der Waals surface area contributed by atoms with Gasteiger partial charge in [-0.2, -0.15) is 5.10 Å². The molecule has 0 saturated carbocycles. The van der Waals surface area contributed by atoms with Crippen LogP contribution in [0.15, 0.2) is 24.3 Å². The minimum Gasteiger partial charge on any atom is -0.382 e. The Morgan fingerprint density at radius 2 is 2.00 bits per heavy atom. The van der Waals surface area contributed by atoms with Crippen LogP contribution in [-0.2, 0) is 0 Å². The Balaban J connectivity index is 2.47. The van der Waals surface area contributed by atoms with Crippen LogP contribution in [0.4, 0.5) is 11.5 Å². The largest absolute Gasteiger partial charge is 0.382 e. The lowest BCUT2D eigenvalue weighted by Gasteiger charge is -2.03. The van der Waals surface area contributed by atoms with E-state index in [1.807, 2.05) is 0 Å². The molecule has 88 valence electrons. The third kappa shape index (κ3) is 1.94. The van der Waals surface area contributed by atoms with Crippen LogP contribution in [0.1, 0.15) is 5.69 Å². The first-order valence-electron chi connectivity index (χ1n) is 4.76. The van der Waals surface area contributed by atoms with Crippen molar-refractivity contribution in [3.8, 4) is 5.69 Å². The van der Waals surface area contributed by atoms with Crippen LogP contribution in [0.2, 0.25) is 5.02 Å². The molecule has 0 bridgehead atoms. The normalized spacial score (nSPS) is 10.5. The Kier molecular flexibility index (Phi) is 2.72. The maximum atomic E-state index is 10.5. The van der Waals surface area contributed by atoms with Crippen LogP contribution in [0.25, 0.3) is 5.69 Å². The minimum atomic E-state index is -0.464. The average Bonchev–Trinajstić information content (AvgIpc) is 2.57. The fraction of sp³-hybridized carbons (Fsp3) is 0.100. The first-order chi connectivity index (χ1) is 8.00. The molecular weight excluding hydrogens is 244 g/mol. The molecule has 2 rings (SSSR count). The number of nitrogen functional groups attached to an aromatic ring is 1. The third-order valence-electron chi connectivity index (χ3n) is 2.33. The lowest BCUT2D eigenvalue weighted by molar-refractivity contribution is -0.384. The molecule has 0 amide bonds. The average molecular weight is 253 g/mol. The maximum absolute atomic E-state index is 10.5. The van der Waals surface area contributed by atoms with Gasteiger partial charge < -0.3 is 5.73 Å². The molecule has 2 N–H and O–H groups in total. The molecule has 0 saturated heterocycles. The first kappa shape index (κ1) is 11.4. The summed E-state index contributed by atoms with van der Waals surface area (Å²) in [6.07, 6.45) is 0. The van der Waals surface area contributed by atoms with Gasteiger partial charge in [0.15, 0.2) is 0 Å². The molecule has 2 aromatic rings. The maximum Gasteiger partial charge on any atom is 0.269 e. The van der Waals surface area contributed by atoms with Gasteiger partial charge in [-0.05, 0) is 19.1 Å². The highest BCUT2D eigenvalue weighted by Crippen LogP contribution is 2.26. The van der Waals surface area contributed by atoms with E-state index in [0.29, 0.717) is 22.2 Å². The van der Waals surface area contributed by atoms with Crippen molar-refractivity contribution in [2.24, 2.45) is 0 Å². The molecule has 1 heterocycles. The van der Waals surface area contributed by atoms with Crippen molar-refractivity contribution >= 4 is 23.1 Å². The first-order valence-corrected chi connectivity index (χ1v) is 5.14. The predicted molar refractivity (Wildman–Crippen MR) is 64.4 cm³/mol. The number of nitrogens with two attached hydrogens (primary N) is 1. The van der Waals surface area contributed by atoms with E-state index in [2.05, 4.69) is 5.10 Å². The Bertz CT molecular complexity index is 577. The van der Waals surface area contributed by atoms with Gasteiger partial charge >= 0.3 is 0 Å². The van der Waals surface area contributed by atoms with Gasteiger partial charge in [-0.3, -0.25) is 10.1 Å². The number of benzene rings is 1. The number of rotatable bonds is 2. The molecule has 0 aliphatic heterocycles. The van der Waals surface area contributed by atoms with Crippen LogP contribution in [-0.4, -0.2) is 14.7 Å². The summed E-state index contributed by atoms with van der Waals surface area (Å²) < 4.78 is 1.45. The smallest absolute Gasteiger partial charge is 0.269 e. The molecule has 0 atom stereocenters. The zero-order valence-corrected chi connectivity index (χ0v) is 9.68. The van der Waals surface area contributed by atoms with Crippen LogP contribution in [0, 0.1) is 17.0 Å². The van der Waals surface area contributed by atoms with E-state index < -0.39 is 4.92 Å². The Morgan fingerprint density at radius 3 is 2.41 bits per heavy atom. The molecule has 0 spiro atoms. The summed E-state index contributed by atoms with van der Waals surface area (Å²) in [4.78, 5) is 10.0.